The molecule has 5 heteroatoms. The van der Waals surface area contributed by atoms with E-state index in [1.807, 2.05) is 6.07 Å². The molecule has 3 nitrogen and oxygen atoms in total. The number of nitrogens with zero attached hydrogens (tertiary/aromatic N) is 2. The molecule has 108 valence electrons. The number of hydrogen-bond donors (Lipinski definition) is 0. The van der Waals surface area contributed by atoms with Crippen LogP contribution in [0, 0.1) is 12.7 Å². The Morgan fingerprint density at radius 2 is 2.20 bits per heavy atom. The lowest BCUT2D eigenvalue weighted by molar-refractivity contribution is 0.00663. The van der Waals surface area contributed by atoms with E-state index in [1.165, 1.54) is 6.07 Å². The highest BCUT2D eigenvalue weighted by atomic mass is 35.5. The average Bonchev–Trinajstić information content (AvgIpc) is 2.68. The van der Waals surface area contributed by atoms with Gasteiger partial charge < -0.3 is 9.30 Å². The molecule has 1 aliphatic rings. The van der Waals surface area contributed by atoms with Crippen molar-refractivity contribution >= 4 is 22.6 Å². The molecule has 1 saturated carbocycles. The SMILES string of the molecule is COC1CC(n2c(CCCl)nc3cc(F)c(C)cc32)C1. The molecule has 1 aliphatic carbocycles. The summed E-state index contributed by atoms with van der Waals surface area (Å²) in [5.41, 5.74) is 2.37. The molecule has 0 saturated heterocycles. The van der Waals surface area contributed by atoms with E-state index in [-0.39, 0.29) is 5.82 Å². The summed E-state index contributed by atoms with van der Waals surface area (Å²) in [6, 6.07) is 3.79. The molecule has 0 atom stereocenters. The first-order chi connectivity index (χ1) is 9.63. The minimum absolute atomic E-state index is 0.206. The van der Waals surface area contributed by atoms with Gasteiger partial charge >= 0.3 is 0 Å². The van der Waals surface area contributed by atoms with Gasteiger partial charge in [0.15, 0.2) is 0 Å². The number of imidazole rings is 1. The molecule has 0 amide bonds. The molecule has 0 aliphatic heterocycles. The van der Waals surface area contributed by atoms with Crippen LogP contribution in [-0.4, -0.2) is 28.6 Å². The van der Waals surface area contributed by atoms with Gasteiger partial charge in [0.1, 0.15) is 11.6 Å². The highest BCUT2D eigenvalue weighted by Crippen LogP contribution is 2.38. The van der Waals surface area contributed by atoms with Crippen LogP contribution < -0.4 is 0 Å². The van der Waals surface area contributed by atoms with E-state index in [0.717, 1.165) is 24.2 Å². The van der Waals surface area contributed by atoms with Gasteiger partial charge in [-0.15, -0.1) is 11.6 Å². The number of methoxy groups -OCH3 is 1. The molecule has 1 fully saturated rings. The van der Waals surface area contributed by atoms with E-state index < -0.39 is 0 Å². The predicted molar refractivity (Wildman–Crippen MR) is 77.9 cm³/mol. The van der Waals surface area contributed by atoms with Gasteiger partial charge in [-0.1, -0.05) is 0 Å². The molecule has 0 spiro atoms. The van der Waals surface area contributed by atoms with E-state index in [1.54, 1.807) is 14.0 Å². The van der Waals surface area contributed by atoms with Crippen LogP contribution in [0.5, 0.6) is 0 Å². The number of aromatic nitrogens is 2. The van der Waals surface area contributed by atoms with Crippen LogP contribution in [0.2, 0.25) is 0 Å². The zero-order valence-corrected chi connectivity index (χ0v) is 12.5. The lowest BCUT2D eigenvalue weighted by atomic mass is 9.88. The summed E-state index contributed by atoms with van der Waals surface area (Å²) in [5.74, 6) is 1.26. The molecule has 1 aromatic heterocycles. The molecule has 0 unspecified atom stereocenters. The Kier molecular flexibility index (Phi) is 3.69. The van der Waals surface area contributed by atoms with Crippen molar-refractivity contribution in [3.05, 3.63) is 29.3 Å². The van der Waals surface area contributed by atoms with Crippen LogP contribution in [0.15, 0.2) is 12.1 Å². The van der Waals surface area contributed by atoms with Crippen LogP contribution in [0.3, 0.4) is 0 Å². The van der Waals surface area contributed by atoms with Crippen molar-refractivity contribution in [1.29, 1.82) is 0 Å². The van der Waals surface area contributed by atoms with Crippen LogP contribution in [0.1, 0.15) is 30.3 Å². The number of hydrogen-bond acceptors (Lipinski definition) is 2. The van der Waals surface area contributed by atoms with Crippen molar-refractivity contribution in [3.8, 4) is 0 Å². The largest absolute Gasteiger partial charge is 0.381 e. The quantitative estimate of drug-likeness (QED) is 0.806. The fourth-order valence-corrected chi connectivity index (χ4v) is 3.05. The van der Waals surface area contributed by atoms with Crippen LogP contribution in [0.25, 0.3) is 11.0 Å². The second-order valence-electron chi connectivity index (χ2n) is 5.41. The van der Waals surface area contributed by atoms with Crippen molar-refractivity contribution in [1.82, 2.24) is 9.55 Å². The predicted octanol–water partition coefficient (Wildman–Crippen LogP) is 3.62. The summed E-state index contributed by atoms with van der Waals surface area (Å²) in [6.45, 7) is 1.78. The normalized spacial score (nSPS) is 22.2. The summed E-state index contributed by atoms with van der Waals surface area (Å²) < 4.78 is 21.3. The van der Waals surface area contributed by atoms with Gasteiger partial charge in [0, 0.05) is 31.5 Å². The monoisotopic (exact) mass is 296 g/mol. The third kappa shape index (κ3) is 2.21. The second kappa shape index (κ2) is 5.34. The third-order valence-corrected chi connectivity index (χ3v) is 4.32. The van der Waals surface area contributed by atoms with Gasteiger partial charge in [0.25, 0.3) is 0 Å². The molecule has 1 heterocycles. The zero-order chi connectivity index (χ0) is 14.3. The smallest absolute Gasteiger partial charge is 0.128 e. The Balaban J connectivity index is 2.07. The van der Waals surface area contributed by atoms with Gasteiger partial charge in [-0.05, 0) is 31.4 Å². The fraction of sp³-hybridized carbons (Fsp3) is 0.533. The standard InChI is InChI=1S/C15H18ClFN2O/c1-9-5-14-13(8-12(9)17)18-15(3-4-16)19(14)10-6-11(7-10)20-2/h5,8,10-11H,3-4,6-7H2,1-2H3. The molecule has 0 radical (unpaired) electrons. The molecule has 0 N–H and O–H groups in total. The van der Waals surface area contributed by atoms with Gasteiger partial charge in [-0.2, -0.15) is 0 Å². The zero-order valence-electron chi connectivity index (χ0n) is 11.7. The maximum absolute atomic E-state index is 13.7. The molecular weight excluding hydrogens is 279 g/mol. The summed E-state index contributed by atoms with van der Waals surface area (Å²) in [5, 5.41) is 0. The Morgan fingerprint density at radius 1 is 1.45 bits per heavy atom. The minimum atomic E-state index is -0.206. The maximum Gasteiger partial charge on any atom is 0.128 e. The number of benzene rings is 1. The van der Waals surface area contributed by atoms with Gasteiger partial charge in [0.05, 0.1) is 17.1 Å². The number of alkyl halides is 1. The highest BCUT2D eigenvalue weighted by molar-refractivity contribution is 6.17. The number of fused-ring (bicyclic) bond motifs is 1. The minimum Gasteiger partial charge on any atom is -0.381 e. The molecule has 0 bridgehead atoms. The second-order valence-corrected chi connectivity index (χ2v) is 5.79. The van der Waals surface area contributed by atoms with Crippen LogP contribution in [-0.2, 0) is 11.2 Å². The molecule has 20 heavy (non-hydrogen) atoms. The Bertz CT molecular complexity index is 634. The molecule has 1 aromatic carbocycles. The Morgan fingerprint density at radius 3 is 2.85 bits per heavy atom. The molecule has 3 rings (SSSR count). The van der Waals surface area contributed by atoms with Gasteiger partial charge in [-0.3, -0.25) is 0 Å². The van der Waals surface area contributed by atoms with E-state index in [0.29, 0.717) is 35.5 Å². The van der Waals surface area contributed by atoms with Crippen LogP contribution >= 0.6 is 11.6 Å². The Labute approximate surface area is 122 Å². The average molecular weight is 297 g/mol. The number of ether oxygens (including phenoxy) is 1. The van der Waals surface area contributed by atoms with Crippen molar-refractivity contribution in [2.24, 2.45) is 0 Å². The third-order valence-electron chi connectivity index (χ3n) is 4.13. The van der Waals surface area contributed by atoms with Crippen LogP contribution in [0.4, 0.5) is 4.39 Å². The Hall–Kier alpha value is -1.13. The van der Waals surface area contributed by atoms with E-state index in [2.05, 4.69) is 9.55 Å². The first-order valence-electron chi connectivity index (χ1n) is 6.89. The van der Waals surface area contributed by atoms with Crippen molar-refractivity contribution in [2.75, 3.05) is 13.0 Å². The van der Waals surface area contributed by atoms with Gasteiger partial charge in [0.2, 0.25) is 0 Å². The van der Waals surface area contributed by atoms with E-state index in [4.69, 9.17) is 16.3 Å². The van der Waals surface area contributed by atoms with Crippen molar-refractivity contribution in [3.63, 3.8) is 0 Å². The van der Waals surface area contributed by atoms with Crippen molar-refractivity contribution < 1.29 is 9.13 Å². The van der Waals surface area contributed by atoms with E-state index in [9.17, 15) is 4.39 Å². The summed E-state index contributed by atoms with van der Waals surface area (Å²) >= 11 is 5.87. The van der Waals surface area contributed by atoms with Gasteiger partial charge in [-0.25, -0.2) is 9.37 Å². The number of halogens is 2. The number of rotatable bonds is 4. The molecule has 2 aromatic rings. The molecular formula is C15H18ClFN2O. The highest BCUT2D eigenvalue weighted by Gasteiger charge is 2.33. The van der Waals surface area contributed by atoms with E-state index >= 15 is 0 Å². The first kappa shape index (κ1) is 13.8. The fourth-order valence-electron chi connectivity index (χ4n) is 2.88. The lowest BCUT2D eigenvalue weighted by Gasteiger charge is -2.36. The summed E-state index contributed by atoms with van der Waals surface area (Å²) in [7, 11) is 1.74. The summed E-state index contributed by atoms with van der Waals surface area (Å²) in [4.78, 5) is 4.56. The topological polar surface area (TPSA) is 27.1 Å². The van der Waals surface area contributed by atoms with Crippen molar-refractivity contribution in [2.45, 2.75) is 38.3 Å². The maximum atomic E-state index is 13.7. The lowest BCUT2D eigenvalue weighted by Crippen LogP contribution is -2.33. The summed E-state index contributed by atoms with van der Waals surface area (Å²) in [6.07, 6.45) is 2.98. The first-order valence-corrected chi connectivity index (χ1v) is 7.43. The number of aryl methyl sites for hydroxylation is 2.